The van der Waals surface area contributed by atoms with Crippen LogP contribution in [-0.2, 0) is 10.0 Å². The average Bonchev–Trinajstić information content (AvgIpc) is 3.25. The molecule has 2 aromatic heterocycles. The molecule has 2 aromatic carbocycles. The predicted molar refractivity (Wildman–Crippen MR) is 111 cm³/mol. The molecule has 2 heterocycles. The van der Waals surface area contributed by atoms with E-state index in [1.165, 1.54) is 18.5 Å². The second-order valence-corrected chi connectivity index (χ2v) is 8.01. The second kappa shape index (κ2) is 7.90. The van der Waals surface area contributed by atoms with Crippen molar-refractivity contribution in [1.82, 2.24) is 19.7 Å². The number of benzene rings is 2. The first-order valence-corrected chi connectivity index (χ1v) is 10.3. The molecule has 0 atom stereocenters. The van der Waals surface area contributed by atoms with E-state index in [1.54, 1.807) is 65.6 Å². The molecule has 2 N–H and O–H groups in total. The first kappa shape index (κ1) is 18.9. The highest BCUT2D eigenvalue weighted by atomic mass is 35.5. The van der Waals surface area contributed by atoms with Crippen LogP contribution in [0.2, 0.25) is 5.02 Å². The number of sulfonamides is 1. The summed E-state index contributed by atoms with van der Waals surface area (Å²) in [5.41, 5.74) is 1.14. The number of anilines is 3. The van der Waals surface area contributed by atoms with Gasteiger partial charge < -0.3 is 5.32 Å². The molecular weight excluding hydrogens is 412 g/mol. The Morgan fingerprint density at radius 2 is 1.69 bits per heavy atom. The molecule has 0 unspecified atom stereocenters. The second-order valence-electron chi connectivity index (χ2n) is 5.95. The molecule has 0 amide bonds. The molecular formula is C19H15ClN6O2S. The van der Waals surface area contributed by atoms with Gasteiger partial charge in [0.1, 0.15) is 17.0 Å². The van der Waals surface area contributed by atoms with Gasteiger partial charge in [0.2, 0.25) is 0 Å². The van der Waals surface area contributed by atoms with Gasteiger partial charge in [0.15, 0.2) is 5.82 Å². The normalized spacial score (nSPS) is 11.2. The minimum Gasteiger partial charge on any atom is -0.340 e. The molecule has 0 aliphatic rings. The van der Waals surface area contributed by atoms with E-state index >= 15 is 0 Å². The Bertz CT molecular complexity index is 1230. The zero-order valence-corrected chi connectivity index (χ0v) is 16.5. The monoisotopic (exact) mass is 426 g/mol. The van der Waals surface area contributed by atoms with Crippen molar-refractivity contribution in [2.75, 3.05) is 10.0 Å². The van der Waals surface area contributed by atoms with Crippen LogP contribution < -0.4 is 10.0 Å². The van der Waals surface area contributed by atoms with Gasteiger partial charge in [0.25, 0.3) is 10.0 Å². The summed E-state index contributed by atoms with van der Waals surface area (Å²) in [6.07, 6.45) is 4.88. The van der Waals surface area contributed by atoms with Crippen molar-refractivity contribution in [1.29, 1.82) is 0 Å². The van der Waals surface area contributed by atoms with Gasteiger partial charge in [0.05, 0.1) is 5.02 Å². The van der Waals surface area contributed by atoms with Gasteiger partial charge in [-0.2, -0.15) is 5.10 Å². The van der Waals surface area contributed by atoms with E-state index in [4.69, 9.17) is 11.6 Å². The van der Waals surface area contributed by atoms with Crippen LogP contribution in [0.15, 0.2) is 84.3 Å². The Morgan fingerprint density at radius 3 is 2.41 bits per heavy atom. The molecule has 0 saturated carbocycles. The molecule has 8 nitrogen and oxygen atoms in total. The molecule has 10 heteroatoms. The summed E-state index contributed by atoms with van der Waals surface area (Å²) in [6.45, 7) is 0. The molecule has 0 aliphatic carbocycles. The number of nitrogens with one attached hydrogen (secondary N) is 2. The van der Waals surface area contributed by atoms with Crippen LogP contribution in [0.4, 0.5) is 17.2 Å². The molecule has 29 heavy (non-hydrogen) atoms. The lowest BCUT2D eigenvalue weighted by Crippen LogP contribution is -2.13. The van der Waals surface area contributed by atoms with E-state index in [0.717, 1.165) is 5.69 Å². The molecule has 4 aromatic rings. The number of rotatable bonds is 6. The highest BCUT2D eigenvalue weighted by Crippen LogP contribution is 2.24. The van der Waals surface area contributed by atoms with Crippen molar-refractivity contribution in [2.45, 2.75) is 4.90 Å². The van der Waals surface area contributed by atoms with E-state index < -0.39 is 10.0 Å². The number of hydrogen-bond acceptors (Lipinski definition) is 6. The summed E-state index contributed by atoms with van der Waals surface area (Å²) in [5.74, 6) is 1.20. The minimum atomic E-state index is -3.78. The van der Waals surface area contributed by atoms with E-state index in [1.807, 2.05) is 0 Å². The third kappa shape index (κ3) is 4.36. The molecule has 0 saturated heterocycles. The van der Waals surface area contributed by atoms with Crippen molar-refractivity contribution in [3.05, 3.63) is 84.4 Å². The molecule has 0 radical (unpaired) electrons. The van der Waals surface area contributed by atoms with Crippen LogP contribution in [-0.4, -0.2) is 28.2 Å². The first-order valence-electron chi connectivity index (χ1n) is 8.48. The summed E-state index contributed by atoms with van der Waals surface area (Å²) >= 11 is 5.99. The number of hydrogen-bond donors (Lipinski definition) is 2. The maximum absolute atomic E-state index is 12.5. The van der Waals surface area contributed by atoms with Gasteiger partial charge in [0, 0.05) is 29.8 Å². The van der Waals surface area contributed by atoms with E-state index in [-0.39, 0.29) is 9.92 Å². The Kier molecular flexibility index (Phi) is 5.15. The summed E-state index contributed by atoms with van der Waals surface area (Å²) in [6, 6.07) is 16.6. The summed E-state index contributed by atoms with van der Waals surface area (Å²) < 4.78 is 29.2. The van der Waals surface area contributed by atoms with Crippen molar-refractivity contribution < 1.29 is 8.42 Å². The Balaban J connectivity index is 1.49. The molecule has 0 bridgehead atoms. The first-order chi connectivity index (χ1) is 14.0. The predicted octanol–water partition coefficient (Wildman–Crippen LogP) is 3.86. The van der Waals surface area contributed by atoms with Crippen LogP contribution in [0, 0.1) is 0 Å². The maximum atomic E-state index is 12.5. The van der Waals surface area contributed by atoms with Crippen LogP contribution in [0.3, 0.4) is 0 Å². The van der Waals surface area contributed by atoms with Crippen LogP contribution in [0.5, 0.6) is 0 Å². The van der Waals surface area contributed by atoms with Gasteiger partial charge in [-0.1, -0.05) is 23.7 Å². The van der Waals surface area contributed by atoms with Gasteiger partial charge in [-0.25, -0.2) is 23.1 Å². The zero-order valence-electron chi connectivity index (χ0n) is 14.9. The highest BCUT2D eigenvalue weighted by Gasteiger charge is 2.17. The number of halogens is 1. The van der Waals surface area contributed by atoms with Gasteiger partial charge in [-0.3, -0.25) is 4.72 Å². The van der Waals surface area contributed by atoms with Crippen LogP contribution >= 0.6 is 11.6 Å². The van der Waals surface area contributed by atoms with Gasteiger partial charge >= 0.3 is 0 Å². The average molecular weight is 427 g/mol. The Morgan fingerprint density at radius 1 is 0.931 bits per heavy atom. The van der Waals surface area contributed by atoms with Gasteiger partial charge in [-0.15, -0.1) is 0 Å². The molecule has 0 aliphatic heterocycles. The van der Waals surface area contributed by atoms with Crippen LogP contribution in [0.25, 0.3) is 5.82 Å². The smallest absolute Gasteiger partial charge is 0.263 e. The lowest BCUT2D eigenvalue weighted by atomic mass is 10.3. The molecule has 0 fully saturated rings. The lowest BCUT2D eigenvalue weighted by Gasteiger charge is -2.11. The maximum Gasteiger partial charge on any atom is 0.263 e. The lowest BCUT2D eigenvalue weighted by molar-refractivity contribution is 0.601. The SMILES string of the molecule is O=S(=O)(Nc1ccc(Nc2cc(-n3cccn3)ncn2)cc1)c1ccccc1Cl. The van der Waals surface area contributed by atoms with E-state index in [9.17, 15) is 8.42 Å². The number of aromatic nitrogens is 4. The van der Waals surface area contributed by atoms with Gasteiger partial charge in [-0.05, 0) is 42.5 Å². The third-order valence-electron chi connectivity index (χ3n) is 3.93. The molecule has 4 rings (SSSR count). The molecule has 0 spiro atoms. The largest absolute Gasteiger partial charge is 0.340 e. The van der Waals surface area contributed by atoms with Crippen molar-refractivity contribution in [2.24, 2.45) is 0 Å². The molecule has 146 valence electrons. The third-order valence-corrected chi connectivity index (χ3v) is 5.81. The summed E-state index contributed by atoms with van der Waals surface area (Å²) in [4.78, 5) is 8.39. The van der Waals surface area contributed by atoms with Crippen LogP contribution in [0.1, 0.15) is 0 Å². The zero-order chi connectivity index (χ0) is 20.3. The fourth-order valence-electron chi connectivity index (χ4n) is 2.59. The summed E-state index contributed by atoms with van der Waals surface area (Å²) in [5, 5.41) is 7.44. The fraction of sp³-hybridized carbons (Fsp3) is 0. The standard InChI is InChI=1S/C19H15ClN6O2S/c20-16-4-1-2-5-17(16)29(27,28)25-15-8-6-14(7-9-15)24-18-12-19(22-13-21-18)26-11-3-10-23-26/h1-13,25H,(H,21,22,24). The Hall–Kier alpha value is -3.43. The van der Waals surface area contributed by atoms with Crippen molar-refractivity contribution in [3.63, 3.8) is 0 Å². The van der Waals surface area contributed by atoms with Crippen molar-refractivity contribution in [3.8, 4) is 5.82 Å². The minimum absolute atomic E-state index is 0.0241. The van der Waals surface area contributed by atoms with Crippen molar-refractivity contribution >= 4 is 38.8 Å². The van der Waals surface area contributed by atoms with E-state index in [2.05, 4.69) is 25.1 Å². The number of nitrogens with zero attached hydrogens (tertiary/aromatic N) is 4. The Labute approximate surface area is 172 Å². The fourth-order valence-corrected chi connectivity index (χ4v) is 4.17. The van der Waals surface area contributed by atoms with E-state index in [0.29, 0.717) is 17.3 Å². The topological polar surface area (TPSA) is 102 Å². The summed E-state index contributed by atoms with van der Waals surface area (Å²) in [7, 11) is -3.78. The highest BCUT2D eigenvalue weighted by molar-refractivity contribution is 7.92. The quantitative estimate of drug-likeness (QED) is 0.485.